The Kier molecular flexibility index (Phi) is 13.3. The van der Waals surface area contributed by atoms with Crippen molar-refractivity contribution in [3.63, 3.8) is 0 Å². The summed E-state index contributed by atoms with van der Waals surface area (Å²) in [7, 11) is 0. The van der Waals surface area contributed by atoms with Gasteiger partial charge in [0.25, 0.3) is 11.8 Å². The number of anilines is 1. The number of amides is 2. The van der Waals surface area contributed by atoms with Gasteiger partial charge in [0.1, 0.15) is 5.69 Å². The molecule has 3 N–H and O–H groups in total. The standard InChI is InChI=1S/C33H43F2N5O4/c1-5-8-18-40(19-9-6-2)20-12-16-37-32(42)28-22-25(15-17-36-28)23-38-27-14-11-10-13-26(27)31(41)39-24(4)21-30-29(7-3)43-33(34,35)44-30/h7,10-11,13-15,17,21-22,38H,3,5-6,8-9,12,16,18-20,23H2,1-2,4H3,(H,37,42)(H,39,41)/b24-21+. The molecule has 0 saturated heterocycles. The summed E-state index contributed by atoms with van der Waals surface area (Å²) in [6.07, 6.45) is 5.69. The molecule has 3 rings (SSSR count). The number of aromatic nitrogens is 1. The normalized spacial score (nSPS) is 14.2. The maximum atomic E-state index is 13.4. The Morgan fingerprint density at radius 2 is 1.68 bits per heavy atom. The smallest absolute Gasteiger partial charge is 0.395 e. The summed E-state index contributed by atoms with van der Waals surface area (Å²) in [5.74, 6) is -1.15. The molecule has 0 atom stereocenters. The van der Waals surface area contributed by atoms with Crippen LogP contribution < -0.4 is 16.0 Å². The number of benzene rings is 1. The molecule has 2 heterocycles. The van der Waals surface area contributed by atoms with E-state index in [2.05, 4.69) is 55.7 Å². The van der Waals surface area contributed by atoms with E-state index in [0.29, 0.717) is 30.0 Å². The lowest BCUT2D eigenvalue weighted by atomic mass is 10.1. The van der Waals surface area contributed by atoms with Crippen molar-refractivity contribution < 1.29 is 27.8 Å². The van der Waals surface area contributed by atoms with Crippen LogP contribution in [0.3, 0.4) is 0 Å². The summed E-state index contributed by atoms with van der Waals surface area (Å²) < 4.78 is 35.7. The lowest BCUT2D eigenvalue weighted by Crippen LogP contribution is -2.31. The van der Waals surface area contributed by atoms with Crippen LogP contribution in [0.5, 0.6) is 0 Å². The summed E-state index contributed by atoms with van der Waals surface area (Å²) in [6, 6.07) is 10.4. The van der Waals surface area contributed by atoms with Gasteiger partial charge in [0.15, 0.2) is 11.5 Å². The average molecular weight is 612 g/mol. The van der Waals surface area contributed by atoms with Gasteiger partial charge in [0, 0.05) is 36.7 Å². The number of hydrogen-bond donors (Lipinski definition) is 3. The molecule has 0 aliphatic carbocycles. The van der Waals surface area contributed by atoms with E-state index < -0.39 is 12.2 Å². The van der Waals surface area contributed by atoms with Gasteiger partial charge in [-0.3, -0.25) is 14.6 Å². The van der Waals surface area contributed by atoms with E-state index in [1.165, 1.54) is 31.8 Å². The van der Waals surface area contributed by atoms with E-state index in [1.807, 2.05) is 0 Å². The molecule has 0 spiro atoms. The molecule has 44 heavy (non-hydrogen) atoms. The van der Waals surface area contributed by atoms with E-state index in [1.54, 1.807) is 49.5 Å². The zero-order valence-corrected chi connectivity index (χ0v) is 25.8. The summed E-state index contributed by atoms with van der Waals surface area (Å²) in [5, 5.41) is 8.89. The Labute approximate surface area is 258 Å². The molecular weight excluding hydrogens is 568 g/mol. The fraction of sp³-hybridized carbons (Fsp3) is 0.424. The number of nitrogens with zero attached hydrogens (tertiary/aromatic N) is 2. The van der Waals surface area contributed by atoms with Crippen molar-refractivity contribution in [2.24, 2.45) is 0 Å². The topological polar surface area (TPSA) is 105 Å². The van der Waals surface area contributed by atoms with Gasteiger partial charge < -0.3 is 30.3 Å². The number of pyridine rings is 1. The third kappa shape index (κ3) is 10.8. The zero-order valence-electron chi connectivity index (χ0n) is 25.8. The number of rotatable bonds is 18. The Balaban J connectivity index is 1.55. The third-order valence-electron chi connectivity index (χ3n) is 6.85. The Bertz CT molecular complexity index is 1340. The van der Waals surface area contributed by atoms with Crippen molar-refractivity contribution in [2.45, 2.75) is 65.7 Å². The number of ether oxygens (including phenoxy) is 2. The van der Waals surface area contributed by atoms with Crippen molar-refractivity contribution in [1.82, 2.24) is 20.5 Å². The molecule has 0 bridgehead atoms. The quantitative estimate of drug-likeness (QED) is 0.169. The molecule has 1 aromatic carbocycles. The number of carbonyl (C=O) groups excluding carboxylic acids is 2. The number of alkyl halides is 2. The number of halogens is 2. The van der Waals surface area contributed by atoms with E-state index in [-0.39, 0.29) is 23.1 Å². The van der Waals surface area contributed by atoms with Crippen LogP contribution in [0, 0.1) is 0 Å². The molecule has 1 aliphatic rings. The predicted octanol–water partition coefficient (Wildman–Crippen LogP) is 6.34. The minimum Gasteiger partial charge on any atom is -0.395 e. The SMILES string of the molecule is C=CC1=C(/C=C(\C)NC(=O)c2ccccc2NCc2ccnc(C(=O)NCCCN(CCCC)CCCC)c2)OC(F)(F)O1. The predicted molar refractivity (Wildman–Crippen MR) is 167 cm³/mol. The molecular formula is C33H43F2N5O4. The van der Waals surface area contributed by atoms with Crippen LogP contribution in [0.15, 0.2) is 78.5 Å². The van der Waals surface area contributed by atoms with Gasteiger partial charge in [-0.2, -0.15) is 0 Å². The Morgan fingerprint density at radius 3 is 2.39 bits per heavy atom. The lowest BCUT2D eigenvalue weighted by Gasteiger charge is -2.21. The van der Waals surface area contributed by atoms with Crippen molar-refractivity contribution in [3.05, 3.63) is 95.4 Å². The molecule has 2 aromatic rings. The number of allylic oxidation sites excluding steroid dienone is 3. The second-order valence-corrected chi connectivity index (χ2v) is 10.5. The van der Waals surface area contributed by atoms with Crippen LogP contribution in [0.1, 0.15) is 79.3 Å². The monoisotopic (exact) mass is 611 g/mol. The molecule has 1 aliphatic heterocycles. The number of nitrogens with one attached hydrogen (secondary N) is 3. The van der Waals surface area contributed by atoms with Gasteiger partial charge in [-0.25, -0.2) is 0 Å². The molecule has 2 amide bonds. The van der Waals surface area contributed by atoms with Gasteiger partial charge in [0.05, 0.1) is 5.56 Å². The second kappa shape index (κ2) is 17.1. The zero-order chi connectivity index (χ0) is 32.0. The largest absolute Gasteiger partial charge is 0.586 e. The van der Waals surface area contributed by atoms with Crippen LogP contribution in [0.4, 0.5) is 14.5 Å². The van der Waals surface area contributed by atoms with E-state index >= 15 is 0 Å². The molecule has 11 heteroatoms. The van der Waals surface area contributed by atoms with E-state index in [0.717, 1.165) is 37.7 Å². The highest BCUT2D eigenvalue weighted by atomic mass is 19.3. The number of para-hydroxylation sites is 1. The molecule has 0 radical (unpaired) electrons. The third-order valence-corrected chi connectivity index (χ3v) is 6.85. The van der Waals surface area contributed by atoms with Crippen molar-refractivity contribution in [2.75, 3.05) is 31.5 Å². The molecule has 0 saturated carbocycles. The molecule has 238 valence electrons. The second-order valence-electron chi connectivity index (χ2n) is 10.5. The number of carbonyl (C=O) groups is 2. The summed E-state index contributed by atoms with van der Waals surface area (Å²) in [6.45, 7) is 13.4. The first kappa shape index (κ1) is 34.2. The van der Waals surface area contributed by atoms with Gasteiger partial charge in [-0.15, -0.1) is 8.78 Å². The van der Waals surface area contributed by atoms with Crippen LogP contribution in [-0.2, 0) is 16.0 Å². The summed E-state index contributed by atoms with van der Waals surface area (Å²) >= 11 is 0. The average Bonchev–Trinajstić information content (AvgIpc) is 3.31. The summed E-state index contributed by atoms with van der Waals surface area (Å²) in [5.41, 5.74) is 2.28. The number of unbranched alkanes of at least 4 members (excludes halogenated alkanes) is 2. The summed E-state index contributed by atoms with van der Waals surface area (Å²) in [4.78, 5) is 32.5. The van der Waals surface area contributed by atoms with E-state index in [9.17, 15) is 18.4 Å². The minimum atomic E-state index is -3.80. The van der Waals surface area contributed by atoms with Crippen molar-refractivity contribution in [3.8, 4) is 0 Å². The molecule has 1 aromatic heterocycles. The number of hydrogen-bond acceptors (Lipinski definition) is 7. The maximum absolute atomic E-state index is 13.4. The maximum Gasteiger partial charge on any atom is 0.586 e. The first-order valence-electron chi connectivity index (χ1n) is 15.1. The highest BCUT2D eigenvalue weighted by Crippen LogP contribution is 2.34. The fourth-order valence-corrected chi connectivity index (χ4v) is 4.53. The van der Waals surface area contributed by atoms with Crippen LogP contribution in [0.25, 0.3) is 0 Å². The first-order valence-corrected chi connectivity index (χ1v) is 15.1. The highest BCUT2D eigenvalue weighted by Gasteiger charge is 2.43. The van der Waals surface area contributed by atoms with Crippen LogP contribution >= 0.6 is 0 Å². The van der Waals surface area contributed by atoms with Crippen LogP contribution in [0.2, 0.25) is 0 Å². The van der Waals surface area contributed by atoms with Gasteiger partial charge in [-0.1, -0.05) is 45.4 Å². The molecule has 0 unspecified atom stereocenters. The van der Waals surface area contributed by atoms with E-state index in [4.69, 9.17) is 0 Å². The van der Waals surface area contributed by atoms with Crippen molar-refractivity contribution in [1.29, 1.82) is 0 Å². The van der Waals surface area contributed by atoms with Gasteiger partial charge in [-0.05, 0) is 81.7 Å². The van der Waals surface area contributed by atoms with Gasteiger partial charge >= 0.3 is 6.29 Å². The van der Waals surface area contributed by atoms with Gasteiger partial charge in [0.2, 0.25) is 0 Å². The fourth-order valence-electron chi connectivity index (χ4n) is 4.53. The Morgan fingerprint density at radius 1 is 1.00 bits per heavy atom. The molecule has 0 fully saturated rings. The molecule has 9 nitrogen and oxygen atoms in total. The van der Waals surface area contributed by atoms with Crippen LogP contribution in [-0.4, -0.2) is 54.2 Å². The lowest BCUT2D eigenvalue weighted by molar-refractivity contribution is -0.335. The van der Waals surface area contributed by atoms with Crippen molar-refractivity contribution >= 4 is 17.5 Å². The minimum absolute atomic E-state index is 0.229. The first-order chi connectivity index (χ1) is 21.2. The highest BCUT2D eigenvalue weighted by molar-refractivity contribution is 6.00. The Hall–Kier alpha value is -4.25.